The molecule has 0 aromatic carbocycles. The maximum Gasteiger partial charge on any atom is 0.270 e. The minimum absolute atomic E-state index is 0.421. The van der Waals surface area contributed by atoms with Crippen LogP contribution in [0.15, 0.2) is 22.8 Å². The quantitative estimate of drug-likeness (QED) is 0.445. The van der Waals surface area contributed by atoms with Crippen LogP contribution < -0.4 is 0 Å². The third-order valence-electron chi connectivity index (χ3n) is 0.815. The average molecular weight is 183 g/mol. The smallest absolute Gasteiger partial charge is 0.270 e. The molecular weight excluding hydrogens is 180 g/mol. The Hall–Kier alpha value is -0.880. The highest BCUT2D eigenvalue weighted by atomic mass is 79.9. The highest BCUT2D eigenvalue weighted by Gasteiger charge is 1.92. The zero-order valence-electron chi connectivity index (χ0n) is 4.50. The Morgan fingerprint density at radius 2 is 2.33 bits per heavy atom. The van der Waals surface area contributed by atoms with E-state index in [-0.39, 0.29) is 0 Å². The van der Waals surface area contributed by atoms with Crippen LogP contribution >= 0.6 is 15.9 Å². The van der Waals surface area contributed by atoms with E-state index in [2.05, 4.69) is 25.8 Å². The summed E-state index contributed by atoms with van der Waals surface area (Å²) >= 11 is 3.15. The second-order valence-electron chi connectivity index (χ2n) is 1.43. The van der Waals surface area contributed by atoms with Gasteiger partial charge in [-0.3, -0.25) is 0 Å². The molecule has 0 amide bonds. The Balaban J connectivity index is 3.12. The highest BCUT2D eigenvalue weighted by molar-refractivity contribution is 9.10. The number of nitrogens with zero attached hydrogens (tertiary/aromatic N) is 2. The third kappa shape index (κ3) is 1.51. The number of rotatable bonds is 0. The van der Waals surface area contributed by atoms with Crippen molar-refractivity contribution in [2.45, 2.75) is 0 Å². The van der Waals surface area contributed by atoms with Gasteiger partial charge in [0.2, 0.25) is 0 Å². The molecule has 44 valence electrons. The second kappa shape index (κ2) is 2.60. The van der Waals surface area contributed by atoms with Gasteiger partial charge in [0.15, 0.2) is 4.60 Å². The first-order chi connectivity index (χ1) is 4.33. The normalized spacial score (nSPS) is 8.44. The van der Waals surface area contributed by atoms with Crippen molar-refractivity contribution in [2.24, 2.45) is 0 Å². The molecule has 1 rings (SSSR count). The number of halogens is 1. The molecule has 0 spiro atoms. The molecule has 0 N–H and O–H groups in total. The first-order valence-electron chi connectivity index (χ1n) is 2.33. The Labute approximate surface area is 61.5 Å². The van der Waals surface area contributed by atoms with Gasteiger partial charge in [0.1, 0.15) is 0 Å². The fraction of sp³-hybridized carbons (Fsp3) is 0. The number of aromatic nitrogens is 1. The van der Waals surface area contributed by atoms with Crippen LogP contribution in [0.5, 0.6) is 0 Å². The van der Waals surface area contributed by atoms with E-state index in [0.29, 0.717) is 10.4 Å². The van der Waals surface area contributed by atoms with Gasteiger partial charge < -0.3 is 4.85 Å². The van der Waals surface area contributed by atoms with Crippen LogP contribution in [-0.2, 0) is 0 Å². The third-order valence-corrected chi connectivity index (χ3v) is 1.26. The Kier molecular flexibility index (Phi) is 1.81. The molecule has 1 aromatic heterocycles. The van der Waals surface area contributed by atoms with Crippen molar-refractivity contribution in [3.63, 3.8) is 0 Å². The summed E-state index contributed by atoms with van der Waals surface area (Å²) in [6, 6.07) is 5.23. The highest BCUT2D eigenvalue weighted by Crippen LogP contribution is 2.11. The lowest BCUT2D eigenvalue weighted by molar-refractivity contribution is 1.30. The first-order valence-corrected chi connectivity index (χ1v) is 3.12. The molecular formula is C6H3BrN2. The average Bonchev–Trinajstić information content (AvgIpc) is 1.88. The standard InChI is InChI=1S/C6H3BrN2/c1-8-6-4-2-3-5(7)9-6/h2-4H. The molecule has 0 aliphatic heterocycles. The number of hydrogen-bond donors (Lipinski definition) is 0. The van der Waals surface area contributed by atoms with Crippen molar-refractivity contribution in [1.29, 1.82) is 0 Å². The van der Waals surface area contributed by atoms with Crippen LogP contribution in [0.25, 0.3) is 4.85 Å². The van der Waals surface area contributed by atoms with Gasteiger partial charge in [0.05, 0.1) is 0 Å². The van der Waals surface area contributed by atoms with Crippen molar-refractivity contribution >= 4 is 21.7 Å². The second-order valence-corrected chi connectivity index (χ2v) is 2.24. The van der Waals surface area contributed by atoms with Crippen LogP contribution in [0.4, 0.5) is 5.82 Å². The summed E-state index contributed by atoms with van der Waals surface area (Å²) in [6.45, 7) is 6.58. The Bertz CT molecular complexity index is 251. The van der Waals surface area contributed by atoms with Gasteiger partial charge in [0.25, 0.3) is 5.82 Å². The van der Waals surface area contributed by atoms with Crippen molar-refractivity contribution in [2.75, 3.05) is 0 Å². The lowest BCUT2D eigenvalue weighted by atomic mass is 10.5. The van der Waals surface area contributed by atoms with Gasteiger partial charge in [0, 0.05) is 0 Å². The summed E-state index contributed by atoms with van der Waals surface area (Å²) in [7, 11) is 0. The van der Waals surface area contributed by atoms with Crippen molar-refractivity contribution in [3.05, 3.63) is 34.2 Å². The molecule has 2 nitrogen and oxygen atoms in total. The lowest BCUT2D eigenvalue weighted by Gasteiger charge is -1.83. The van der Waals surface area contributed by atoms with Gasteiger partial charge >= 0.3 is 0 Å². The molecule has 0 saturated carbocycles. The van der Waals surface area contributed by atoms with E-state index < -0.39 is 0 Å². The van der Waals surface area contributed by atoms with Gasteiger partial charge in [-0.25, -0.2) is 0 Å². The van der Waals surface area contributed by atoms with Crippen LogP contribution in [0.3, 0.4) is 0 Å². The summed E-state index contributed by atoms with van der Waals surface area (Å²) in [5.41, 5.74) is 0. The fourth-order valence-electron chi connectivity index (χ4n) is 0.460. The lowest BCUT2D eigenvalue weighted by Crippen LogP contribution is -1.70. The zero-order chi connectivity index (χ0) is 6.69. The molecule has 0 unspecified atom stereocenters. The molecule has 9 heavy (non-hydrogen) atoms. The minimum atomic E-state index is 0.421. The zero-order valence-corrected chi connectivity index (χ0v) is 6.09. The fourth-order valence-corrected chi connectivity index (χ4v) is 0.794. The molecule has 0 fully saturated rings. The summed E-state index contributed by atoms with van der Waals surface area (Å²) in [5, 5.41) is 0. The molecule has 3 heteroatoms. The van der Waals surface area contributed by atoms with Crippen LogP contribution in [0.1, 0.15) is 0 Å². The number of hydrogen-bond acceptors (Lipinski definition) is 1. The molecule has 0 bridgehead atoms. The maximum absolute atomic E-state index is 6.58. The Morgan fingerprint density at radius 3 is 2.78 bits per heavy atom. The predicted molar refractivity (Wildman–Crippen MR) is 38.2 cm³/mol. The van der Waals surface area contributed by atoms with Crippen molar-refractivity contribution in [1.82, 2.24) is 4.98 Å². The first kappa shape index (κ1) is 6.24. The molecule has 0 aliphatic carbocycles. The van der Waals surface area contributed by atoms with E-state index in [0.717, 1.165) is 0 Å². The summed E-state index contributed by atoms with van der Waals surface area (Å²) in [5.74, 6) is 0.421. The molecule has 1 heterocycles. The van der Waals surface area contributed by atoms with Crippen molar-refractivity contribution < 1.29 is 0 Å². The SMILES string of the molecule is [C-]#[N+]c1cccc(Br)n1. The monoisotopic (exact) mass is 182 g/mol. The largest absolute Gasteiger partial charge is 0.361 e. The van der Waals surface area contributed by atoms with E-state index in [9.17, 15) is 0 Å². The maximum atomic E-state index is 6.58. The van der Waals surface area contributed by atoms with Crippen LogP contribution in [0.2, 0.25) is 0 Å². The molecule has 0 radical (unpaired) electrons. The van der Waals surface area contributed by atoms with Crippen LogP contribution in [-0.4, -0.2) is 4.98 Å². The van der Waals surface area contributed by atoms with E-state index in [4.69, 9.17) is 6.57 Å². The van der Waals surface area contributed by atoms with Gasteiger partial charge in [-0.05, 0) is 28.1 Å². The Morgan fingerprint density at radius 1 is 1.56 bits per heavy atom. The molecule has 1 aromatic rings. The summed E-state index contributed by atoms with van der Waals surface area (Å²) in [4.78, 5) is 6.99. The topological polar surface area (TPSA) is 17.2 Å². The van der Waals surface area contributed by atoms with Crippen molar-refractivity contribution in [3.8, 4) is 0 Å². The van der Waals surface area contributed by atoms with Gasteiger partial charge in [-0.15, -0.1) is 4.98 Å². The van der Waals surface area contributed by atoms with E-state index in [1.54, 1.807) is 18.2 Å². The van der Waals surface area contributed by atoms with E-state index >= 15 is 0 Å². The number of pyridine rings is 1. The van der Waals surface area contributed by atoms with E-state index in [1.807, 2.05) is 0 Å². The predicted octanol–water partition coefficient (Wildman–Crippen LogP) is 2.39. The summed E-state index contributed by atoms with van der Waals surface area (Å²) in [6.07, 6.45) is 0. The van der Waals surface area contributed by atoms with Gasteiger partial charge in [-0.1, -0.05) is 12.6 Å². The van der Waals surface area contributed by atoms with Crippen LogP contribution in [0, 0.1) is 6.57 Å². The summed E-state index contributed by atoms with van der Waals surface area (Å²) < 4.78 is 0.705. The minimum Gasteiger partial charge on any atom is -0.361 e. The molecule has 0 aliphatic rings. The molecule has 0 saturated heterocycles. The van der Waals surface area contributed by atoms with Gasteiger partial charge in [-0.2, -0.15) is 0 Å². The van der Waals surface area contributed by atoms with E-state index in [1.165, 1.54) is 0 Å². The molecule has 0 atom stereocenters.